The molecule has 1 aliphatic carbocycles. The number of aliphatic imine (C=N–C) groups is 1. The number of ether oxygens (including phenoxy) is 1. The van der Waals surface area contributed by atoms with E-state index >= 15 is 0 Å². The van der Waals surface area contributed by atoms with E-state index in [1.807, 2.05) is 0 Å². The maximum absolute atomic E-state index is 5.68. The van der Waals surface area contributed by atoms with Crippen LogP contribution in [0, 0.1) is 0 Å². The number of likely N-dealkylation sites (N-methyl/N-ethyl adjacent to an activating group) is 1. The normalized spacial score (nSPS) is 20.0. The summed E-state index contributed by atoms with van der Waals surface area (Å²) in [5, 5.41) is 7.08. The molecule has 0 aromatic carbocycles. The molecule has 0 spiro atoms. The molecule has 0 bridgehead atoms. The third kappa shape index (κ3) is 10.1. The minimum absolute atomic E-state index is 0. The molecular formula is C21H44IN5O. The number of likely N-dealkylation sites (tertiary alicyclic amines) is 1. The van der Waals surface area contributed by atoms with Gasteiger partial charge in [0.05, 0.1) is 19.3 Å². The van der Waals surface area contributed by atoms with Crippen molar-refractivity contribution >= 4 is 29.9 Å². The molecule has 1 heterocycles. The quantitative estimate of drug-likeness (QED) is 0.270. The van der Waals surface area contributed by atoms with Gasteiger partial charge < -0.3 is 25.2 Å². The predicted octanol–water partition coefficient (Wildman–Crippen LogP) is 2.92. The zero-order valence-electron chi connectivity index (χ0n) is 18.6. The second kappa shape index (κ2) is 14.8. The molecule has 0 aromatic heterocycles. The number of guanidine groups is 1. The number of hydrogen-bond acceptors (Lipinski definition) is 4. The van der Waals surface area contributed by atoms with Crippen molar-refractivity contribution in [2.75, 3.05) is 52.9 Å². The molecule has 7 heteroatoms. The van der Waals surface area contributed by atoms with E-state index in [0.717, 1.165) is 57.9 Å². The first kappa shape index (κ1) is 25.9. The average molecular weight is 510 g/mol. The summed E-state index contributed by atoms with van der Waals surface area (Å²) in [6.45, 7) is 13.3. The molecule has 2 N–H and O–H groups in total. The van der Waals surface area contributed by atoms with Gasteiger partial charge in [-0.3, -0.25) is 4.99 Å². The van der Waals surface area contributed by atoms with E-state index in [-0.39, 0.29) is 24.0 Å². The summed E-state index contributed by atoms with van der Waals surface area (Å²) in [7, 11) is 2.25. The summed E-state index contributed by atoms with van der Waals surface area (Å²) in [6, 6.07) is 1.30. The van der Waals surface area contributed by atoms with E-state index in [1.165, 1.54) is 38.5 Å². The first-order valence-corrected chi connectivity index (χ1v) is 11.2. The maximum atomic E-state index is 5.68. The summed E-state index contributed by atoms with van der Waals surface area (Å²) in [5.41, 5.74) is 0. The fourth-order valence-electron chi connectivity index (χ4n) is 4.08. The van der Waals surface area contributed by atoms with Crippen LogP contribution in [0.3, 0.4) is 0 Å². The van der Waals surface area contributed by atoms with Crippen molar-refractivity contribution in [3.05, 3.63) is 0 Å². The molecule has 0 amide bonds. The van der Waals surface area contributed by atoms with E-state index < -0.39 is 0 Å². The molecule has 2 fully saturated rings. The maximum Gasteiger partial charge on any atom is 0.191 e. The summed E-state index contributed by atoms with van der Waals surface area (Å²) in [4.78, 5) is 9.84. The van der Waals surface area contributed by atoms with Gasteiger partial charge in [-0.2, -0.15) is 0 Å². The van der Waals surface area contributed by atoms with Crippen molar-refractivity contribution in [1.29, 1.82) is 0 Å². The summed E-state index contributed by atoms with van der Waals surface area (Å²) in [6.07, 6.45) is 8.19. The van der Waals surface area contributed by atoms with Crippen LogP contribution in [0.25, 0.3) is 0 Å². The van der Waals surface area contributed by atoms with Crippen molar-refractivity contribution < 1.29 is 4.74 Å². The highest BCUT2D eigenvalue weighted by Gasteiger charge is 2.21. The Labute approximate surface area is 190 Å². The fourth-order valence-corrected chi connectivity index (χ4v) is 4.08. The van der Waals surface area contributed by atoms with Gasteiger partial charge in [-0.15, -0.1) is 24.0 Å². The van der Waals surface area contributed by atoms with Gasteiger partial charge in [0, 0.05) is 44.8 Å². The first-order chi connectivity index (χ1) is 13.1. The Hall–Kier alpha value is -0.120. The lowest BCUT2D eigenvalue weighted by molar-refractivity contribution is 0.0532. The van der Waals surface area contributed by atoms with Crippen LogP contribution in [0.4, 0.5) is 0 Å². The number of halogens is 1. The third-order valence-electron chi connectivity index (χ3n) is 5.80. The molecule has 28 heavy (non-hydrogen) atoms. The van der Waals surface area contributed by atoms with Crippen LogP contribution in [-0.2, 0) is 4.74 Å². The molecular weight excluding hydrogens is 465 g/mol. The van der Waals surface area contributed by atoms with E-state index in [2.05, 4.69) is 48.3 Å². The van der Waals surface area contributed by atoms with Gasteiger partial charge >= 0.3 is 0 Å². The number of nitrogens with zero attached hydrogens (tertiary/aromatic N) is 3. The molecule has 1 saturated heterocycles. The summed E-state index contributed by atoms with van der Waals surface area (Å²) >= 11 is 0. The Morgan fingerprint density at radius 1 is 1.18 bits per heavy atom. The van der Waals surface area contributed by atoms with E-state index in [0.29, 0.717) is 12.1 Å². The third-order valence-corrected chi connectivity index (χ3v) is 5.80. The van der Waals surface area contributed by atoms with Crippen molar-refractivity contribution in [3.8, 4) is 0 Å². The molecule has 2 rings (SSSR count). The van der Waals surface area contributed by atoms with Gasteiger partial charge in [-0.25, -0.2) is 0 Å². The number of nitrogens with one attached hydrogen (secondary N) is 2. The molecule has 0 aromatic rings. The zero-order valence-corrected chi connectivity index (χ0v) is 20.9. The van der Waals surface area contributed by atoms with Gasteiger partial charge in [0.1, 0.15) is 0 Å². The SMILES string of the molecule is CCNC(=NCCN(C)C1CCCC1)NC1CCN(CCOC(C)C)CC1.I. The highest BCUT2D eigenvalue weighted by molar-refractivity contribution is 14.0. The second-order valence-corrected chi connectivity index (χ2v) is 8.36. The minimum Gasteiger partial charge on any atom is -0.377 e. The highest BCUT2D eigenvalue weighted by Crippen LogP contribution is 2.21. The van der Waals surface area contributed by atoms with Crippen molar-refractivity contribution in [1.82, 2.24) is 20.4 Å². The Bertz CT molecular complexity index is 421. The molecule has 2 aliphatic rings. The van der Waals surface area contributed by atoms with Crippen LogP contribution >= 0.6 is 24.0 Å². The Balaban J connectivity index is 0.00000392. The molecule has 166 valence electrons. The van der Waals surface area contributed by atoms with Gasteiger partial charge in [0.2, 0.25) is 0 Å². The van der Waals surface area contributed by atoms with Gasteiger partial charge in [-0.1, -0.05) is 12.8 Å². The molecule has 0 radical (unpaired) electrons. The lowest BCUT2D eigenvalue weighted by Gasteiger charge is -2.33. The summed E-state index contributed by atoms with van der Waals surface area (Å²) < 4.78 is 5.68. The minimum atomic E-state index is 0. The molecule has 1 saturated carbocycles. The van der Waals surface area contributed by atoms with Crippen LogP contribution < -0.4 is 10.6 Å². The standard InChI is InChI=1S/C21H43N5O.HI/c1-5-22-21(23-12-15-25(4)20-8-6-7-9-20)24-19-10-13-26(14-11-19)16-17-27-18(2)3;/h18-20H,5-17H2,1-4H3,(H2,22,23,24);1H. The largest absolute Gasteiger partial charge is 0.377 e. The predicted molar refractivity (Wildman–Crippen MR) is 130 cm³/mol. The van der Waals surface area contributed by atoms with E-state index in [9.17, 15) is 0 Å². The van der Waals surface area contributed by atoms with Crippen LogP contribution in [-0.4, -0.2) is 86.9 Å². The number of hydrogen-bond donors (Lipinski definition) is 2. The van der Waals surface area contributed by atoms with Crippen LogP contribution in [0.5, 0.6) is 0 Å². The van der Waals surface area contributed by atoms with Gasteiger partial charge in [0.15, 0.2) is 5.96 Å². The smallest absolute Gasteiger partial charge is 0.191 e. The molecule has 0 atom stereocenters. The van der Waals surface area contributed by atoms with Crippen molar-refractivity contribution in [2.24, 2.45) is 4.99 Å². The van der Waals surface area contributed by atoms with Crippen LogP contribution in [0.1, 0.15) is 59.3 Å². The Kier molecular flexibility index (Phi) is 13.7. The van der Waals surface area contributed by atoms with E-state index in [1.54, 1.807) is 0 Å². The Morgan fingerprint density at radius 2 is 1.86 bits per heavy atom. The fraction of sp³-hybridized carbons (Fsp3) is 0.952. The topological polar surface area (TPSA) is 52.1 Å². The van der Waals surface area contributed by atoms with Crippen LogP contribution in [0.15, 0.2) is 4.99 Å². The summed E-state index contributed by atoms with van der Waals surface area (Å²) in [5.74, 6) is 0.985. The monoisotopic (exact) mass is 509 g/mol. The first-order valence-electron chi connectivity index (χ1n) is 11.2. The molecule has 6 nitrogen and oxygen atoms in total. The zero-order chi connectivity index (χ0) is 19.5. The number of piperidine rings is 1. The van der Waals surface area contributed by atoms with Crippen LogP contribution in [0.2, 0.25) is 0 Å². The molecule has 1 aliphatic heterocycles. The van der Waals surface area contributed by atoms with Crippen molar-refractivity contribution in [3.63, 3.8) is 0 Å². The van der Waals surface area contributed by atoms with Crippen molar-refractivity contribution in [2.45, 2.75) is 77.5 Å². The van der Waals surface area contributed by atoms with Gasteiger partial charge in [-0.05, 0) is 53.5 Å². The van der Waals surface area contributed by atoms with E-state index in [4.69, 9.17) is 9.73 Å². The molecule has 0 unspecified atom stereocenters. The highest BCUT2D eigenvalue weighted by atomic mass is 127. The Morgan fingerprint density at radius 3 is 2.46 bits per heavy atom. The lowest BCUT2D eigenvalue weighted by atomic mass is 10.1. The number of rotatable bonds is 10. The lowest BCUT2D eigenvalue weighted by Crippen LogP contribution is -2.49. The second-order valence-electron chi connectivity index (χ2n) is 8.36. The van der Waals surface area contributed by atoms with Gasteiger partial charge in [0.25, 0.3) is 0 Å². The average Bonchev–Trinajstić information content (AvgIpc) is 3.18.